The molecule has 0 fully saturated rings. The number of halogens is 2. The molecule has 0 aliphatic heterocycles. The van der Waals surface area contributed by atoms with E-state index in [0.29, 0.717) is 5.56 Å². The second-order valence-electron chi connectivity index (χ2n) is 4.24. The van der Waals surface area contributed by atoms with E-state index >= 15 is 0 Å². The maximum Gasteiger partial charge on any atom is 0.323 e. The van der Waals surface area contributed by atoms with E-state index in [4.69, 9.17) is 4.74 Å². The monoisotopic (exact) mass is 308 g/mol. The summed E-state index contributed by atoms with van der Waals surface area (Å²) in [6, 6.07) is 12.3. The van der Waals surface area contributed by atoms with Crippen LogP contribution in [0.1, 0.15) is 17.7 Å². The van der Waals surface area contributed by atoms with Gasteiger partial charge in [-0.25, -0.2) is 8.78 Å². The molecule has 110 valence electrons. The molecule has 0 radical (unpaired) electrons. The molecule has 0 heterocycles. The fourth-order valence-electron chi connectivity index (χ4n) is 1.80. The predicted molar refractivity (Wildman–Crippen MR) is 78.0 cm³/mol. The standard InChI is InChI=1S/C16H14F2O2S/c1-2-20-16(19)15(11-6-4-3-5-7-11)21-14-9-8-12(17)10-13(14)18/h3-10,15H,2H2,1H3. The molecular weight excluding hydrogens is 294 g/mol. The number of ether oxygens (including phenoxy) is 1. The Bertz CT molecular complexity index is 617. The Balaban J connectivity index is 2.30. The summed E-state index contributed by atoms with van der Waals surface area (Å²) in [7, 11) is 0. The molecule has 0 saturated carbocycles. The highest BCUT2D eigenvalue weighted by molar-refractivity contribution is 8.00. The van der Waals surface area contributed by atoms with Gasteiger partial charge in [-0.2, -0.15) is 0 Å². The number of carbonyl (C=O) groups excluding carboxylic acids is 1. The Morgan fingerprint density at radius 3 is 2.52 bits per heavy atom. The normalized spacial score (nSPS) is 12.0. The van der Waals surface area contributed by atoms with Gasteiger partial charge in [0, 0.05) is 11.0 Å². The van der Waals surface area contributed by atoms with Crippen LogP contribution in [0.2, 0.25) is 0 Å². The first-order chi connectivity index (χ1) is 10.1. The lowest BCUT2D eigenvalue weighted by molar-refractivity contribution is -0.142. The number of esters is 1. The van der Waals surface area contributed by atoms with Crippen LogP contribution < -0.4 is 0 Å². The summed E-state index contributed by atoms with van der Waals surface area (Å²) >= 11 is 1.01. The first-order valence-corrected chi connectivity index (χ1v) is 7.33. The molecule has 5 heteroatoms. The van der Waals surface area contributed by atoms with Crippen LogP contribution in [0.3, 0.4) is 0 Å². The van der Waals surface area contributed by atoms with Gasteiger partial charge in [-0.15, -0.1) is 11.8 Å². The molecule has 0 N–H and O–H groups in total. The summed E-state index contributed by atoms with van der Waals surface area (Å²) in [5.41, 5.74) is 0.713. The van der Waals surface area contributed by atoms with Crippen LogP contribution in [0, 0.1) is 11.6 Å². The van der Waals surface area contributed by atoms with Crippen LogP contribution in [-0.2, 0) is 9.53 Å². The van der Waals surface area contributed by atoms with Gasteiger partial charge in [0.25, 0.3) is 0 Å². The quantitative estimate of drug-likeness (QED) is 0.606. The van der Waals surface area contributed by atoms with Gasteiger partial charge in [0.15, 0.2) is 0 Å². The third kappa shape index (κ3) is 4.04. The van der Waals surface area contributed by atoms with Gasteiger partial charge in [0.2, 0.25) is 0 Å². The summed E-state index contributed by atoms with van der Waals surface area (Å²) < 4.78 is 31.7. The minimum atomic E-state index is -0.690. The lowest BCUT2D eigenvalue weighted by Crippen LogP contribution is -2.13. The van der Waals surface area contributed by atoms with E-state index in [2.05, 4.69) is 0 Å². The number of carbonyl (C=O) groups is 1. The van der Waals surface area contributed by atoms with Crippen LogP contribution in [0.25, 0.3) is 0 Å². The molecule has 21 heavy (non-hydrogen) atoms. The molecule has 2 rings (SSSR count). The van der Waals surface area contributed by atoms with Crippen LogP contribution in [0.4, 0.5) is 8.78 Å². The Morgan fingerprint density at radius 2 is 1.90 bits per heavy atom. The fraction of sp³-hybridized carbons (Fsp3) is 0.188. The first kappa shape index (κ1) is 15.5. The topological polar surface area (TPSA) is 26.3 Å². The number of benzene rings is 2. The van der Waals surface area contributed by atoms with Gasteiger partial charge >= 0.3 is 5.97 Å². The molecular formula is C16H14F2O2S. The molecule has 0 aliphatic carbocycles. The van der Waals surface area contributed by atoms with Crippen molar-refractivity contribution in [2.24, 2.45) is 0 Å². The van der Waals surface area contributed by atoms with Gasteiger partial charge in [-0.3, -0.25) is 4.79 Å². The van der Waals surface area contributed by atoms with Gasteiger partial charge in [0.1, 0.15) is 16.9 Å². The third-order valence-electron chi connectivity index (χ3n) is 2.74. The molecule has 0 spiro atoms. The Morgan fingerprint density at radius 1 is 1.19 bits per heavy atom. The first-order valence-electron chi connectivity index (χ1n) is 6.45. The number of hydrogen-bond acceptors (Lipinski definition) is 3. The molecule has 2 aromatic rings. The van der Waals surface area contributed by atoms with Gasteiger partial charge < -0.3 is 4.74 Å². The maximum absolute atomic E-state index is 13.8. The lowest BCUT2D eigenvalue weighted by atomic mass is 10.1. The summed E-state index contributed by atoms with van der Waals surface area (Å²) in [5.74, 6) is -1.79. The number of rotatable bonds is 5. The minimum Gasteiger partial charge on any atom is -0.465 e. The number of hydrogen-bond donors (Lipinski definition) is 0. The summed E-state index contributed by atoms with van der Waals surface area (Å²) in [5, 5.41) is -0.689. The Hall–Kier alpha value is -1.88. The van der Waals surface area contributed by atoms with Crippen molar-refractivity contribution in [1.29, 1.82) is 0 Å². The van der Waals surface area contributed by atoms with Crippen LogP contribution in [0.5, 0.6) is 0 Å². The highest BCUT2D eigenvalue weighted by Gasteiger charge is 2.24. The highest BCUT2D eigenvalue weighted by Crippen LogP contribution is 2.37. The molecule has 0 amide bonds. The molecule has 0 aliphatic rings. The lowest BCUT2D eigenvalue weighted by Gasteiger charge is -2.16. The van der Waals surface area contributed by atoms with Crippen LogP contribution in [0.15, 0.2) is 53.4 Å². The van der Waals surface area contributed by atoms with Crippen molar-refractivity contribution in [3.63, 3.8) is 0 Å². The molecule has 2 nitrogen and oxygen atoms in total. The zero-order valence-electron chi connectivity index (χ0n) is 11.4. The average molecular weight is 308 g/mol. The van der Waals surface area contributed by atoms with Crippen LogP contribution >= 0.6 is 11.8 Å². The predicted octanol–water partition coefficient (Wildman–Crippen LogP) is 4.36. The average Bonchev–Trinajstić information content (AvgIpc) is 2.47. The van der Waals surface area contributed by atoms with E-state index in [9.17, 15) is 13.6 Å². The van der Waals surface area contributed by atoms with Crippen LogP contribution in [-0.4, -0.2) is 12.6 Å². The zero-order valence-corrected chi connectivity index (χ0v) is 12.2. The molecule has 1 atom stereocenters. The maximum atomic E-state index is 13.8. The van der Waals surface area contributed by atoms with E-state index < -0.39 is 22.9 Å². The van der Waals surface area contributed by atoms with Crippen molar-refractivity contribution in [1.82, 2.24) is 0 Å². The van der Waals surface area contributed by atoms with E-state index in [1.807, 2.05) is 6.07 Å². The molecule has 0 bridgehead atoms. The number of thioether (sulfide) groups is 1. The van der Waals surface area contributed by atoms with Gasteiger partial charge in [0.05, 0.1) is 6.61 Å². The summed E-state index contributed by atoms with van der Waals surface area (Å²) in [4.78, 5) is 12.3. The smallest absolute Gasteiger partial charge is 0.323 e. The summed E-state index contributed by atoms with van der Waals surface area (Å²) in [6.07, 6.45) is 0. The molecule has 0 aromatic heterocycles. The molecule has 0 saturated heterocycles. The minimum absolute atomic E-state index is 0.207. The molecule has 1 unspecified atom stereocenters. The van der Waals surface area contributed by atoms with Crippen molar-refractivity contribution in [2.45, 2.75) is 17.1 Å². The second-order valence-corrected chi connectivity index (χ2v) is 5.38. The van der Waals surface area contributed by atoms with Crippen molar-refractivity contribution < 1.29 is 18.3 Å². The highest BCUT2D eigenvalue weighted by atomic mass is 32.2. The zero-order chi connectivity index (χ0) is 15.2. The Kier molecular flexibility index (Phi) is 5.33. The van der Waals surface area contributed by atoms with E-state index in [1.54, 1.807) is 31.2 Å². The Labute approximate surface area is 126 Å². The second kappa shape index (κ2) is 7.22. The van der Waals surface area contributed by atoms with E-state index in [0.717, 1.165) is 17.8 Å². The fourth-order valence-corrected chi connectivity index (χ4v) is 2.83. The van der Waals surface area contributed by atoms with E-state index in [1.165, 1.54) is 12.1 Å². The SMILES string of the molecule is CCOC(=O)C(Sc1ccc(F)cc1F)c1ccccc1. The van der Waals surface area contributed by atoms with Crippen molar-refractivity contribution >= 4 is 17.7 Å². The van der Waals surface area contributed by atoms with E-state index in [-0.39, 0.29) is 11.5 Å². The van der Waals surface area contributed by atoms with Crippen molar-refractivity contribution in [2.75, 3.05) is 6.61 Å². The van der Waals surface area contributed by atoms with Gasteiger partial charge in [-0.05, 0) is 24.6 Å². The molecule has 2 aromatic carbocycles. The van der Waals surface area contributed by atoms with Gasteiger partial charge in [-0.1, -0.05) is 30.3 Å². The largest absolute Gasteiger partial charge is 0.465 e. The van der Waals surface area contributed by atoms with Crippen molar-refractivity contribution in [3.05, 3.63) is 65.7 Å². The van der Waals surface area contributed by atoms with Crippen molar-refractivity contribution in [3.8, 4) is 0 Å². The summed E-state index contributed by atoms with van der Waals surface area (Å²) in [6.45, 7) is 1.96. The third-order valence-corrected chi connectivity index (χ3v) is 4.03.